The van der Waals surface area contributed by atoms with E-state index >= 15 is 0 Å². The lowest BCUT2D eigenvalue weighted by Crippen LogP contribution is -2.03. The van der Waals surface area contributed by atoms with Crippen molar-refractivity contribution in [1.82, 2.24) is 0 Å². The molecule has 0 aliphatic rings. The Morgan fingerprint density at radius 3 is 2.36 bits per heavy atom. The summed E-state index contributed by atoms with van der Waals surface area (Å²) in [6.07, 6.45) is 0. The summed E-state index contributed by atoms with van der Waals surface area (Å²) in [6, 6.07) is 26.3. The van der Waals surface area contributed by atoms with Crippen molar-refractivity contribution in [1.29, 1.82) is 0 Å². The van der Waals surface area contributed by atoms with Crippen LogP contribution < -0.4 is 14.8 Å². The molecule has 25 heavy (non-hydrogen) atoms. The van der Waals surface area contributed by atoms with Crippen LogP contribution in [0.1, 0.15) is 18.1 Å². The fraction of sp³-hybridized carbons (Fsp3) is 0.182. The molecule has 3 aromatic rings. The Kier molecular flexibility index (Phi) is 5.94. The molecule has 0 saturated carbocycles. The topological polar surface area (TPSA) is 30.5 Å². The Morgan fingerprint density at radius 1 is 0.760 bits per heavy atom. The number of ether oxygens (including phenoxy) is 2. The van der Waals surface area contributed by atoms with Crippen LogP contribution in [0.3, 0.4) is 0 Å². The van der Waals surface area contributed by atoms with Gasteiger partial charge in [-0.2, -0.15) is 0 Å². The van der Waals surface area contributed by atoms with Gasteiger partial charge in [0.05, 0.1) is 12.3 Å². The SMILES string of the molecule is CCOc1cccc(CNc2ccccc2OCc2ccccc2)c1. The number of para-hydroxylation sites is 2. The van der Waals surface area contributed by atoms with Gasteiger partial charge in [0.1, 0.15) is 18.1 Å². The highest BCUT2D eigenvalue weighted by Gasteiger charge is 2.04. The highest BCUT2D eigenvalue weighted by atomic mass is 16.5. The predicted molar refractivity (Wildman–Crippen MR) is 102 cm³/mol. The zero-order valence-corrected chi connectivity index (χ0v) is 14.4. The molecule has 0 atom stereocenters. The van der Waals surface area contributed by atoms with Crippen LogP contribution in [-0.4, -0.2) is 6.61 Å². The second kappa shape index (κ2) is 8.78. The van der Waals surface area contributed by atoms with Crippen molar-refractivity contribution >= 4 is 5.69 Å². The van der Waals surface area contributed by atoms with Crippen molar-refractivity contribution in [3.05, 3.63) is 90.0 Å². The Balaban J connectivity index is 1.63. The van der Waals surface area contributed by atoms with Gasteiger partial charge in [0.2, 0.25) is 0 Å². The van der Waals surface area contributed by atoms with E-state index in [2.05, 4.69) is 29.6 Å². The molecule has 0 fully saturated rings. The summed E-state index contributed by atoms with van der Waals surface area (Å²) < 4.78 is 11.5. The monoisotopic (exact) mass is 333 g/mol. The van der Waals surface area contributed by atoms with Crippen LogP contribution in [-0.2, 0) is 13.2 Å². The smallest absolute Gasteiger partial charge is 0.142 e. The molecule has 3 rings (SSSR count). The molecule has 0 aromatic heterocycles. The first-order chi connectivity index (χ1) is 12.3. The van der Waals surface area contributed by atoms with E-state index in [0.717, 1.165) is 22.7 Å². The Hall–Kier alpha value is -2.94. The third kappa shape index (κ3) is 5.01. The fourth-order valence-electron chi connectivity index (χ4n) is 2.58. The average Bonchev–Trinajstić information content (AvgIpc) is 2.67. The Bertz CT molecular complexity index is 787. The number of benzene rings is 3. The first-order valence-corrected chi connectivity index (χ1v) is 8.56. The highest BCUT2D eigenvalue weighted by molar-refractivity contribution is 5.56. The highest BCUT2D eigenvalue weighted by Crippen LogP contribution is 2.25. The van der Waals surface area contributed by atoms with Gasteiger partial charge in [0.15, 0.2) is 0 Å². The van der Waals surface area contributed by atoms with Crippen molar-refractivity contribution in [2.24, 2.45) is 0 Å². The maximum Gasteiger partial charge on any atom is 0.142 e. The van der Waals surface area contributed by atoms with Crippen molar-refractivity contribution < 1.29 is 9.47 Å². The van der Waals surface area contributed by atoms with Crippen LogP contribution in [0.2, 0.25) is 0 Å². The molecule has 0 saturated heterocycles. The summed E-state index contributed by atoms with van der Waals surface area (Å²) in [5, 5.41) is 3.45. The van der Waals surface area contributed by atoms with E-state index in [4.69, 9.17) is 9.47 Å². The second-order valence-electron chi connectivity index (χ2n) is 5.70. The van der Waals surface area contributed by atoms with Gasteiger partial charge in [-0.25, -0.2) is 0 Å². The summed E-state index contributed by atoms with van der Waals surface area (Å²) in [6.45, 7) is 3.93. The zero-order chi connectivity index (χ0) is 17.3. The molecule has 0 heterocycles. The molecular weight excluding hydrogens is 310 g/mol. The molecule has 3 nitrogen and oxygen atoms in total. The van der Waals surface area contributed by atoms with Gasteiger partial charge in [-0.3, -0.25) is 0 Å². The minimum absolute atomic E-state index is 0.555. The van der Waals surface area contributed by atoms with E-state index in [1.165, 1.54) is 5.56 Å². The largest absolute Gasteiger partial charge is 0.494 e. The van der Waals surface area contributed by atoms with Crippen molar-refractivity contribution in [3.63, 3.8) is 0 Å². The summed E-state index contributed by atoms with van der Waals surface area (Å²) in [5.41, 5.74) is 3.31. The van der Waals surface area contributed by atoms with E-state index in [-0.39, 0.29) is 0 Å². The number of nitrogens with one attached hydrogen (secondary N) is 1. The third-order valence-corrected chi connectivity index (χ3v) is 3.82. The van der Waals surface area contributed by atoms with E-state index in [9.17, 15) is 0 Å². The maximum atomic E-state index is 5.99. The predicted octanol–water partition coefficient (Wildman–Crippen LogP) is 5.28. The normalized spacial score (nSPS) is 10.3. The summed E-state index contributed by atoms with van der Waals surface area (Å²) in [4.78, 5) is 0. The number of rotatable bonds is 8. The zero-order valence-electron chi connectivity index (χ0n) is 14.4. The molecular formula is C22H23NO2. The third-order valence-electron chi connectivity index (χ3n) is 3.82. The average molecular weight is 333 g/mol. The molecule has 0 bridgehead atoms. The number of hydrogen-bond donors (Lipinski definition) is 1. The Morgan fingerprint density at radius 2 is 1.52 bits per heavy atom. The molecule has 3 aromatic carbocycles. The van der Waals surface area contributed by atoms with Gasteiger partial charge in [-0.15, -0.1) is 0 Å². The van der Waals surface area contributed by atoms with Gasteiger partial charge in [-0.05, 0) is 42.3 Å². The lowest BCUT2D eigenvalue weighted by molar-refractivity contribution is 0.307. The lowest BCUT2D eigenvalue weighted by atomic mass is 10.2. The van der Waals surface area contributed by atoms with Gasteiger partial charge in [0.25, 0.3) is 0 Å². The lowest BCUT2D eigenvalue weighted by Gasteiger charge is -2.14. The van der Waals surface area contributed by atoms with Crippen LogP contribution in [0.5, 0.6) is 11.5 Å². The van der Waals surface area contributed by atoms with Crippen LogP contribution in [0.4, 0.5) is 5.69 Å². The summed E-state index contributed by atoms with van der Waals surface area (Å²) in [7, 11) is 0. The molecule has 1 N–H and O–H groups in total. The summed E-state index contributed by atoms with van der Waals surface area (Å²) >= 11 is 0. The second-order valence-corrected chi connectivity index (χ2v) is 5.70. The summed E-state index contributed by atoms with van der Waals surface area (Å²) in [5.74, 6) is 1.75. The number of anilines is 1. The van der Waals surface area contributed by atoms with Gasteiger partial charge in [0, 0.05) is 6.54 Å². The molecule has 3 heteroatoms. The van der Waals surface area contributed by atoms with Crippen molar-refractivity contribution in [2.45, 2.75) is 20.1 Å². The van der Waals surface area contributed by atoms with Crippen LogP contribution in [0.15, 0.2) is 78.9 Å². The minimum Gasteiger partial charge on any atom is -0.494 e. The molecule has 0 unspecified atom stereocenters. The van der Waals surface area contributed by atoms with Crippen LogP contribution in [0.25, 0.3) is 0 Å². The van der Waals surface area contributed by atoms with Gasteiger partial charge < -0.3 is 14.8 Å². The fourth-order valence-corrected chi connectivity index (χ4v) is 2.58. The van der Waals surface area contributed by atoms with E-state index in [0.29, 0.717) is 19.8 Å². The van der Waals surface area contributed by atoms with Gasteiger partial charge >= 0.3 is 0 Å². The first-order valence-electron chi connectivity index (χ1n) is 8.56. The molecule has 0 radical (unpaired) electrons. The van der Waals surface area contributed by atoms with Crippen LogP contribution >= 0.6 is 0 Å². The molecule has 128 valence electrons. The maximum absolute atomic E-state index is 5.99. The molecule has 0 spiro atoms. The number of hydrogen-bond acceptors (Lipinski definition) is 3. The molecule has 0 aliphatic heterocycles. The molecule has 0 amide bonds. The minimum atomic E-state index is 0.555. The standard InChI is InChI=1S/C22H23NO2/c1-2-24-20-12-8-11-19(15-20)16-23-21-13-6-7-14-22(21)25-17-18-9-4-3-5-10-18/h3-15,23H,2,16-17H2,1H3. The molecule has 0 aliphatic carbocycles. The Labute approximate surface area is 149 Å². The first kappa shape index (κ1) is 16.9. The van der Waals surface area contributed by atoms with Crippen LogP contribution in [0, 0.1) is 0 Å². The van der Waals surface area contributed by atoms with Crippen molar-refractivity contribution in [2.75, 3.05) is 11.9 Å². The van der Waals surface area contributed by atoms with Gasteiger partial charge in [-0.1, -0.05) is 54.6 Å². The van der Waals surface area contributed by atoms with Crippen molar-refractivity contribution in [3.8, 4) is 11.5 Å². The van der Waals surface area contributed by atoms with E-state index in [1.807, 2.05) is 61.5 Å². The quantitative estimate of drug-likeness (QED) is 0.608. The van der Waals surface area contributed by atoms with E-state index < -0.39 is 0 Å². The van der Waals surface area contributed by atoms with E-state index in [1.54, 1.807) is 0 Å².